The Labute approximate surface area is 103 Å². The van der Waals surface area contributed by atoms with Gasteiger partial charge in [0.2, 0.25) is 0 Å². The standard InChI is InChI=1S/C12H19O4P/c1-4-5-7-12(8-6-9-12)11(13)10-17(14,15-2)16-3/h6-10H2,1-3H3. The molecule has 0 radical (unpaired) electrons. The molecule has 1 aliphatic carbocycles. The summed E-state index contributed by atoms with van der Waals surface area (Å²) < 4.78 is 21.5. The van der Waals surface area contributed by atoms with E-state index in [1.807, 2.05) is 0 Å². The first-order chi connectivity index (χ1) is 8.02. The van der Waals surface area contributed by atoms with Crippen LogP contribution >= 0.6 is 7.60 Å². The zero-order valence-corrected chi connectivity index (χ0v) is 11.5. The Morgan fingerprint density at radius 2 is 1.94 bits per heavy atom. The van der Waals surface area contributed by atoms with Crippen LogP contribution in [0.5, 0.6) is 0 Å². The smallest absolute Gasteiger partial charge is 0.312 e. The van der Waals surface area contributed by atoms with Crippen LogP contribution in [0.15, 0.2) is 0 Å². The van der Waals surface area contributed by atoms with Gasteiger partial charge in [-0.2, -0.15) is 0 Å². The van der Waals surface area contributed by atoms with Gasteiger partial charge in [-0.15, -0.1) is 11.8 Å². The van der Waals surface area contributed by atoms with E-state index in [-0.39, 0.29) is 11.9 Å². The summed E-state index contributed by atoms with van der Waals surface area (Å²) in [5.74, 6) is 5.71. The molecular weight excluding hydrogens is 239 g/mol. The number of ketones is 1. The van der Waals surface area contributed by atoms with Crippen LogP contribution in [0.25, 0.3) is 0 Å². The van der Waals surface area contributed by atoms with Crippen molar-refractivity contribution in [3.05, 3.63) is 0 Å². The SMILES string of the molecule is CC#CCC1(C(=O)CP(=O)(OC)OC)CCC1. The van der Waals surface area contributed by atoms with Crippen molar-refractivity contribution in [1.29, 1.82) is 0 Å². The minimum atomic E-state index is -3.24. The van der Waals surface area contributed by atoms with Crippen molar-refractivity contribution in [2.24, 2.45) is 5.41 Å². The van der Waals surface area contributed by atoms with E-state index in [1.165, 1.54) is 14.2 Å². The van der Waals surface area contributed by atoms with E-state index >= 15 is 0 Å². The van der Waals surface area contributed by atoms with E-state index < -0.39 is 13.0 Å². The molecule has 1 aliphatic rings. The number of rotatable bonds is 6. The number of carbonyl (C=O) groups excluding carboxylic acids is 1. The molecule has 0 heterocycles. The van der Waals surface area contributed by atoms with E-state index in [0.29, 0.717) is 6.42 Å². The lowest BCUT2D eigenvalue weighted by Crippen LogP contribution is -2.39. The molecule has 0 saturated heterocycles. The molecule has 0 unspecified atom stereocenters. The summed E-state index contributed by atoms with van der Waals surface area (Å²) in [5, 5.41) is 0. The van der Waals surface area contributed by atoms with E-state index in [4.69, 9.17) is 9.05 Å². The molecule has 1 rings (SSSR count). The Kier molecular flexibility index (Phi) is 4.94. The van der Waals surface area contributed by atoms with Gasteiger partial charge in [-0.3, -0.25) is 9.36 Å². The molecule has 17 heavy (non-hydrogen) atoms. The molecule has 0 bridgehead atoms. The molecule has 1 saturated carbocycles. The van der Waals surface area contributed by atoms with Crippen molar-refractivity contribution < 1.29 is 18.4 Å². The third kappa shape index (κ3) is 3.19. The monoisotopic (exact) mass is 258 g/mol. The number of Topliss-reactive ketones (excluding diaryl/α,β-unsaturated/α-hetero) is 1. The maximum absolute atomic E-state index is 12.2. The van der Waals surface area contributed by atoms with E-state index in [1.54, 1.807) is 6.92 Å². The summed E-state index contributed by atoms with van der Waals surface area (Å²) in [5.41, 5.74) is -0.407. The second-order valence-electron chi connectivity index (χ2n) is 4.29. The van der Waals surface area contributed by atoms with Gasteiger partial charge < -0.3 is 9.05 Å². The quantitative estimate of drug-likeness (QED) is 0.543. The lowest BCUT2D eigenvalue weighted by atomic mass is 9.64. The van der Waals surface area contributed by atoms with Crippen molar-refractivity contribution >= 4 is 13.4 Å². The third-order valence-electron chi connectivity index (χ3n) is 3.40. The average molecular weight is 258 g/mol. The van der Waals surface area contributed by atoms with Crippen LogP contribution in [0.3, 0.4) is 0 Å². The average Bonchev–Trinajstić information content (AvgIpc) is 2.27. The van der Waals surface area contributed by atoms with Crippen LogP contribution in [0.1, 0.15) is 32.6 Å². The fourth-order valence-electron chi connectivity index (χ4n) is 1.96. The van der Waals surface area contributed by atoms with E-state index in [9.17, 15) is 9.36 Å². The van der Waals surface area contributed by atoms with Crippen molar-refractivity contribution in [2.75, 3.05) is 20.4 Å². The molecule has 0 atom stereocenters. The molecular formula is C12H19O4P. The molecule has 0 aromatic rings. The Morgan fingerprint density at radius 1 is 1.35 bits per heavy atom. The summed E-state index contributed by atoms with van der Waals surface area (Å²) in [6.45, 7) is 1.76. The fourth-order valence-corrected chi connectivity index (χ4v) is 3.06. The highest BCUT2D eigenvalue weighted by atomic mass is 31.2. The zero-order valence-electron chi connectivity index (χ0n) is 10.6. The Bertz CT molecular complexity index is 379. The lowest BCUT2D eigenvalue weighted by molar-refractivity contribution is -0.130. The number of hydrogen-bond acceptors (Lipinski definition) is 4. The van der Waals surface area contributed by atoms with Crippen LogP contribution in [0, 0.1) is 17.3 Å². The normalized spacial score (nSPS) is 17.8. The van der Waals surface area contributed by atoms with Gasteiger partial charge in [0.1, 0.15) is 6.16 Å². The van der Waals surface area contributed by atoms with Crippen LogP contribution in [-0.2, 0) is 18.4 Å². The summed E-state index contributed by atoms with van der Waals surface area (Å²) in [6.07, 6.45) is 3.09. The Morgan fingerprint density at radius 3 is 2.29 bits per heavy atom. The van der Waals surface area contributed by atoms with Gasteiger partial charge in [-0.05, 0) is 19.8 Å². The molecule has 0 aromatic heterocycles. The molecule has 4 nitrogen and oxygen atoms in total. The zero-order chi connectivity index (χ0) is 12.9. The van der Waals surface area contributed by atoms with Crippen LogP contribution in [-0.4, -0.2) is 26.2 Å². The molecule has 0 aromatic carbocycles. The van der Waals surface area contributed by atoms with Gasteiger partial charge >= 0.3 is 7.60 Å². The first-order valence-electron chi connectivity index (χ1n) is 5.65. The Hall–Kier alpha value is -0.620. The highest BCUT2D eigenvalue weighted by Crippen LogP contribution is 2.52. The molecule has 0 N–H and O–H groups in total. The van der Waals surface area contributed by atoms with Gasteiger partial charge in [0, 0.05) is 26.1 Å². The summed E-state index contributed by atoms with van der Waals surface area (Å²) in [7, 11) is -0.638. The Balaban J connectivity index is 2.73. The minimum Gasteiger partial charge on any atom is -0.312 e. The molecule has 0 aliphatic heterocycles. The minimum absolute atomic E-state index is 0.0430. The lowest BCUT2D eigenvalue weighted by Gasteiger charge is -2.39. The van der Waals surface area contributed by atoms with Gasteiger partial charge in [0.25, 0.3) is 0 Å². The molecule has 96 valence electrons. The first-order valence-corrected chi connectivity index (χ1v) is 7.38. The fraction of sp³-hybridized carbons (Fsp3) is 0.750. The topological polar surface area (TPSA) is 52.6 Å². The molecule has 0 spiro atoms. The van der Waals surface area contributed by atoms with Crippen molar-refractivity contribution in [3.63, 3.8) is 0 Å². The highest BCUT2D eigenvalue weighted by Gasteiger charge is 2.45. The van der Waals surface area contributed by atoms with Crippen LogP contribution in [0.2, 0.25) is 0 Å². The largest absolute Gasteiger partial charge is 0.337 e. The predicted molar refractivity (Wildman–Crippen MR) is 65.8 cm³/mol. The van der Waals surface area contributed by atoms with Crippen LogP contribution in [0.4, 0.5) is 0 Å². The maximum atomic E-state index is 12.2. The van der Waals surface area contributed by atoms with Crippen LogP contribution < -0.4 is 0 Å². The molecule has 0 amide bonds. The van der Waals surface area contributed by atoms with E-state index in [2.05, 4.69) is 11.8 Å². The first kappa shape index (κ1) is 14.4. The molecule has 1 fully saturated rings. The van der Waals surface area contributed by atoms with Gasteiger partial charge in [-0.25, -0.2) is 0 Å². The van der Waals surface area contributed by atoms with Crippen molar-refractivity contribution in [1.82, 2.24) is 0 Å². The maximum Gasteiger partial charge on any atom is 0.337 e. The summed E-state index contributed by atoms with van der Waals surface area (Å²) >= 11 is 0. The molecule has 5 heteroatoms. The summed E-state index contributed by atoms with van der Waals surface area (Å²) in [6, 6.07) is 0. The second kappa shape index (κ2) is 5.82. The second-order valence-corrected chi connectivity index (χ2v) is 6.56. The third-order valence-corrected chi connectivity index (χ3v) is 5.19. The highest BCUT2D eigenvalue weighted by molar-refractivity contribution is 7.54. The number of hydrogen-bond donors (Lipinski definition) is 0. The van der Waals surface area contributed by atoms with Gasteiger partial charge in [0.05, 0.1) is 0 Å². The number of carbonyl (C=O) groups is 1. The van der Waals surface area contributed by atoms with E-state index in [0.717, 1.165) is 19.3 Å². The van der Waals surface area contributed by atoms with Gasteiger partial charge in [-0.1, -0.05) is 6.42 Å². The predicted octanol–water partition coefficient (Wildman–Crippen LogP) is 2.63. The van der Waals surface area contributed by atoms with Crippen molar-refractivity contribution in [3.8, 4) is 11.8 Å². The van der Waals surface area contributed by atoms with Crippen molar-refractivity contribution in [2.45, 2.75) is 32.6 Å². The summed E-state index contributed by atoms with van der Waals surface area (Å²) in [4.78, 5) is 12.2. The van der Waals surface area contributed by atoms with Gasteiger partial charge in [0.15, 0.2) is 5.78 Å².